The lowest BCUT2D eigenvalue weighted by Gasteiger charge is -2.36. The lowest BCUT2D eigenvalue weighted by Crippen LogP contribution is -2.51. The van der Waals surface area contributed by atoms with Crippen LogP contribution in [0.25, 0.3) is 0 Å². The molecule has 1 atom stereocenters. The summed E-state index contributed by atoms with van der Waals surface area (Å²) >= 11 is 5.97. The van der Waals surface area contributed by atoms with E-state index in [4.69, 9.17) is 11.6 Å². The third kappa shape index (κ3) is 6.71. The van der Waals surface area contributed by atoms with Crippen LogP contribution in [-0.4, -0.2) is 11.0 Å². The van der Waals surface area contributed by atoms with Crippen LogP contribution in [0.5, 0.6) is 0 Å². The summed E-state index contributed by atoms with van der Waals surface area (Å²) in [6, 6.07) is 15.6. The third-order valence-electron chi connectivity index (χ3n) is 5.97. The zero-order valence-electron chi connectivity index (χ0n) is 20.2. The molecule has 12 heteroatoms. The van der Waals surface area contributed by atoms with Crippen LogP contribution in [0, 0.1) is 5.82 Å². The number of carbonyl (C=O) groups is 1. The Morgan fingerprint density at radius 2 is 1.40 bits per heavy atom. The second kappa shape index (κ2) is 11.2. The molecule has 0 saturated carbocycles. The number of halogens is 8. The molecule has 2 N–H and O–H groups in total. The Morgan fingerprint density at radius 3 is 1.95 bits per heavy atom. The molecule has 208 valence electrons. The molecule has 0 fully saturated rings. The highest BCUT2D eigenvalue weighted by Gasteiger charge is 2.43. The summed E-state index contributed by atoms with van der Waals surface area (Å²) in [6.45, 7) is 0. The lowest BCUT2D eigenvalue weighted by molar-refractivity contribution is -0.143. The molecule has 1 unspecified atom stereocenters. The maximum absolute atomic E-state index is 13.9. The maximum atomic E-state index is 13.9. The van der Waals surface area contributed by atoms with E-state index >= 15 is 0 Å². The normalized spacial score (nSPS) is 13.4. The summed E-state index contributed by atoms with van der Waals surface area (Å²) in [5.41, 5.74) is -5.41. The standard InChI is InChI=1S/C28H19ClF7N3O/c29-21-9-10-24(37-16-21)26(15-17-5-2-1-3-6-17,39-25(40)38-23-8-4-7-22(30)14-23)18-11-19(27(31,32)33)13-20(12-18)28(34,35)36/h1-14,16H,15H2,(H2,38,39,40). The molecule has 4 nitrogen and oxygen atoms in total. The number of amides is 2. The Balaban J connectivity index is 1.98. The molecule has 1 aromatic heterocycles. The summed E-state index contributed by atoms with van der Waals surface area (Å²) in [5.74, 6) is -0.680. The lowest BCUT2D eigenvalue weighted by atomic mass is 9.79. The molecule has 40 heavy (non-hydrogen) atoms. The van der Waals surface area contributed by atoms with Gasteiger partial charge in [0.2, 0.25) is 0 Å². The maximum Gasteiger partial charge on any atom is 0.416 e. The zero-order valence-corrected chi connectivity index (χ0v) is 21.0. The highest BCUT2D eigenvalue weighted by molar-refractivity contribution is 6.30. The molecule has 2 amide bonds. The second-order valence-electron chi connectivity index (χ2n) is 8.81. The number of urea groups is 1. The van der Waals surface area contributed by atoms with Gasteiger partial charge >= 0.3 is 18.4 Å². The Kier molecular flexibility index (Phi) is 8.06. The number of hydrogen-bond acceptors (Lipinski definition) is 2. The van der Waals surface area contributed by atoms with Crippen molar-refractivity contribution in [2.24, 2.45) is 0 Å². The van der Waals surface area contributed by atoms with Gasteiger partial charge < -0.3 is 10.6 Å². The van der Waals surface area contributed by atoms with Crippen molar-refractivity contribution in [3.8, 4) is 0 Å². The van der Waals surface area contributed by atoms with Crippen LogP contribution in [0.1, 0.15) is 27.9 Å². The van der Waals surface area contributed by atoms with Gasteiger partial charge in [-0.2, -0.15) is 26.3 Å². The van der Waals surface area contributed by atoms with Crippen LogP contribution < -0.4 is 10.6 Å². The molecule has 0 radical (unpaired) electrons. The van der Waals surface area contributed by atoms with Crippen LogP contribution in [0.3, 0.4) is 0 Å². The summed E-state index contributed by atoms with van der Waals surface area (Å²) in [4.78, 5) is 17.4. The highest BCUT2D eigenvalue weighted by atomic mass is 35.5. The number of nitrogens with zero attached hydrogens (tertiary/aromatic N) is 1. The van der Waals surface area contributed by atoms with E-state index in [-0.39, 0.29) is 28.9 Å². The topological polar surface area (TPSA) is 54.0 Å². The Labute approximate surface area is 228 Å². The predicted molar refractivity (Wildman–Crippen MR) is 135 cm³/mol. The fourth-order valence-corrected chi connectivity index (χ4v) is 4.29. The molecule has 0 spiro atoms. The number of aromatic nitrogens is 1. The van der Waals surface area contributed by atoms with Crippen LogP contribution in [0.2, 0.25) is 5.02 Å². The van der Waals surface area contributed by atoms with E-state index in [1.807, 2.05) is 0 Å². The SMILES string of the molecule is O=C(Nc1cccc(F)c1)NC(Cc1ccccc1)(c1cc(C(F)(F)F)cc(C(F)(F)F)c1)c1ccc(Cl)cn1. The van der Waals surface area contributed by atoms with E-state index in [1.165, 1.54) is 24.3 Å². The van der Waals surface area contributed by atoms with Crippen molar-refractivity contribution in [2.45, 2.75) is 24.3 Å². The van der Waals surface area contributed by atoms with E-state index in [1.54, 1.807) is 30.3 Å². The minimum atomic E-state index is -5.15. The zero-order chi connectivity index (χ0) is 29.1. The van der Waals surface area contributed by atoms with E-state index in [9.17, 15) is 35.5 Å². The van der Waals surface area contributed by atoms with Gasteiger partial charge in [-0.3, -0.25) is 4.98 Å². The van der Waals surface area contributed by atoms with Crippen molar-refractivity contribution in [1.82, 2.24) is 10.3 Å². The van der Waals surface area contributed by atoms with Crippen LogP contribution in [0.4, 0.5) is 41.2 Å². The molecular formula is C28H19ClF7N3O. The molecule has 1 heterocycles. The first kappa shape index (κ1) is 28.9. The van der Waals surface area contributed by atoms with Gasteiger partial charge in [-0.15, -0.1) is 0 Å². The first-order valence-corrected chi connectivity index (χ1v) is 11.9. The molecule has 0 bridgehead atoms. The summed E-state index contributed by atoms with van der Waals surface area (Å²) in [7, 11) is 0. The van der Waals surface area contributed by atoms with E-state index in [2.05, 4.69) is 15.6 Å². The smallest absolute Gasteiger partial charge is 0.322 e. The van der Waals surface area contributed by atoms with Crippen LogP contribution >= 0.6 is 11.6 Å². The second-order valence-corrected chi connectivity index (χ2v) is 9.25. The van der Waals surface area contributed by atoms with E-state index in [0.29, 0.717) is 17.7 Å². The van der Waals surface area contributed by atoms with Gasteiger partial charge in [0.1, 0.15) is 11.4 Å². The van der Waals surface area contributed by atoms with Crippen LogP contribution in [-0.2, 0) is 24.3 Å². The van der Waals surface area contributed by atoms with Crippen molar-refractivity contribution < 1.29 is 35.5 Å². The van der Waals surface area contributed by atoms with Crippen molar-refractivity contribution in [3.05, 3.63) is 130 Å². The average molecular weight is 582 g/mol. The minimum absolute atomic E-state index is 0.00111. The molecular weight excluding hydrogens is 563 g/mol. The van der Waals surface area contributed by atoms with Crippen molar-refractivity contribution >= 4 is 23.3 Å². The Hall–Kier alpha value is -4.12. The highest BCUT2D eigenvalue weighted by Crippen LogP contribution is 2.41. The van der Waals surface area contributed by atoms with Gasteiger partial charge in [0.15, 0.2) is 0 Å². The first-order valence-electron chi connectivity index (χ1n) is 11.6. The third-order valence-corrected chi connectivity index (χ3v) is 6.19. The predicted octanol–water partition coefficient (Wildman–Crippen LogP) is 8.22. The summed E-state index contributed by atoms with van der Waals surface area (Å²) in [5, 5.41) is 5.06. The number of hydrogen-bond donors (Lipinski definition) is 2. The summed E-state index contributed by atoms with van der Waals surface area (Å²) in [6.07, 6.45) is -9.45. The largest absolute Gasteiger partial charge is 0.416 e. The van der Waals surface area contributed by atoms with Gasteiger partial charge in [-0.25, -0.2) is 9.18 Å². The fraction of sp³-hybridized carbons (Fsp3) is 0.143. The molecule has 0 aliphatic heterocycles. The Bertz CT molecular complexity index is 1460. The van der Waals surface area contributed by atoms with Gasteiger partial charge in [-0.05, 0) is 59.7 Å². The molecule has 4 aromatic rings. The number of rotatable bonds is 6. The molecule has 3 aromatic carbocycles. The number of pyridine rings is 1. The number of benzene rings is 3. The van der Waals surface area contributed by atoms with Crippen LogP contribution in [0.15, 0.2) is 91.1 Å². The molecule has 0 saturated heterocycles. The number of anilines is 1. The fourth-order valence-electron chi connectivity index (χ4n) is 4.17. The first-order chi connectivity index (χ1) is 18.8. The quantitative estimate of drug-likeness (QED) is 0.225. The van der Waals surface area contributed by atoms with Crippen molar-refractivity contribution in [1.29, 1.82) is 0 Å². The molecule has 4 rings (SSSR count). The molecule has 0 aliphatic carbocycles. The molecule has 0 aliphatic rings. The van der Waals surface area contributed by atoms with Crippen molar-refractivity contribution in [3.63, 3.8) is 0 Å². The monoisotopic (exact) mass is 581 g/mol. The average Bonchev–Trinajstić information content (AvgIpc) is 2.88. The number of alkyl halides is 6. The number of carbonyl (C=O) groups excluding carboxylic acids is 1. The van der Waals surface area contributed by atoms with E-state index < -0.39 is 46.4 Å². The van der Waals surface area contributed by atoms with Gasteiger partial charge in [0.05, 0.1) is 21.8 Å². The van der Waals surface area contributed by atoms with Gasteiger partial charge in [0, 0.05) is 18.3 Å². The Morgan fingerprint density at radius 1 is 0.775 bits per heavy atom. The van der Waals surface area contributed by atoms with Gasteiger partial charge in [0.25, 0.3) is 0 Å². The van der Waals surface area contributed by atoms with Crippen molar-refractivity contribution in [2.75, 3.05) is 5.32 Å². The van der Waals surface area contributed by atoms with Gasteiger partial charge in [-0.1, -0.05) is 48.0 Å². The van der Waals surface area contributed by atoms with E-state index in [0.717, 1.165) is 18.3 Å². The minimum Gasteiger partial charge on any atom is -0.322 e. The number of nitrogens with one attached hydrogen (secondary N) is 2. The summed E-state index contributed by atoms with van der Waals surface area (Å²) < 4.78 is 96.9.